The Morgan fingerprint density at radius 2 is 0.821 bits per heavy atom. The van der Waals surface area contributed by atoms with Crippen LogP contribution in [0, 0.1) is 41.5 Å². The summed E-state index contributed by atoms with van der Waals surface area (Å²) in [5.74, 6) is 1.99. The molecule has 0 amide bonds. The van der Waals surface area contributed by atoms with Crippen molar-refractivity contribution in [3.8, 4) is 0 Å². The van der Waals surface area contributed by atoms with Gasteiger partial charge in [-0.1, -0.05) is 71.6 Å². The van der Waals surface area contributed by atoms with Gasteiger partial charge in [0.1, 0.15) is 0 Å². The Morgan fingerprint density at radius 3 is 1.10 bits per heavy atom. The molecule has 0 saturated heterocycles. The topological polar surface area (TPSA) is 23.5 Å². The number of nitrogens with zero attached hydrogens (tertiary/aromatic N) is 1. The molecule has 0 bridgehead atoms. The summed E-state index contributed by atoms with van der Waals surface area (Å²) in [5, 5.41) is 9.88. The van der Waals surface area contributed by atoms with Gasteiger partial charge in [-0.2, -0.15) is 0 Å². The Balaban J connectivity index is -0.000000121. The van der Waals surface area contributed by atoms with E-state index in [0.717, 1.165) is 18.3 Å². The van der Waals surface area contributed by atoms with Crippen molar-refractivity contribution in [2.75, 3.05) is 26.2 Å². The van der Waals surface area contributed by atoms with E-state index < -0.39 is 0 Å². The Kier molecular flexibility index (Phi) is 48.7. The molecule has 0 spiro atoms. The molecule has 0 unspecified atom stereocenters. The van der Waals surface area contributed by atoms with Crippen LogP contribution in [0.25, 0.3) is 0 Å². The van der Waals surface area contributed by atoms with Crippen LogP contribution in [0.15, 0.2) is 0 Å². The Bertz CT molecular complexity index is 392. The van der Waals surface area contributed by atoms with Gasteiger partial charge < -0.3 is 39.7 Å². The Hall–Kier alpha value is 1.54. The summed E-state index contributed by atoms with van der Waals surface area (Å²) >= 11 is 11.4. The van der Waals surface area contributed by atoms with Gasteiger partial charge in [-0.15, -0.1) is 23.2 Å². The van der Waals surface area contributed by atoms with E-state index in [-0.39, 0.29) is 71.3 Å². The fraction of sp³-hybridized carbons (Fsp3) is 0.879. The van der Waals surface area contributed by atoms with Crippen molar-refractivity contribution in [1.29, 1.82) is 0 Å². The minimum atomic E-state index is 0. The second-order valence-corrected chi connectivity index (χ2v) is 12.2. The molecule has 0 aliphatic heterocycles. The smallest absolute Gasteiger partial charge is 0.396 e. The molecule has 0 aromatic heterocycles. The molecule has 242 valence electrons. The standard InChI is InChI=1S/C18H35NO.2C5H9Cl.CH4.4CH3.2Fe/c20-14-8-2-1-7-13-19(15-17-9-3-4-10-17)16-18-11-5-6-12-18;2*6-5-3-1-2-4-5;;;;;;;/h17-18,20H,1-16H2;2*5H,1-4H2;1H4;4*1H3;;/q;;;;4*-1;2*+2. The zero-order valence-electron chi connectivity index (χ0n) is 25.6. The largest absolute Gasteiger partial charge is 2.00 e. The van der Waals surface area contributed by atoms with Crippen LogP contribution in [-0.4, -0.2) is 47.0 Å². The monoisotopic (exact) mass is 677 g/mol. The summed E-state index contributed by atoms with van der Waals surface area (Å²) in [7, 11) is 0. The summed E-state index contributed by atoms with van der Waals surface area (Å²) in [5.41, 5.74) is 0. The number of halogens is 2. The molecule has 0 aromatic carbocycles. The second-order valence-electron chi connectivity index (χ2n) is 11.0. The quantitative estimate of drug-likeness (QED) is 0.108. The first-order valence-corrected chi connectivity index (χ1v) is 15.2. The van der Waals surface area contributed by atoms with Crippen LogP contribution in [0.3, 0.4) is 0 Å². The molecule has 6 heteroatoms. The summed E-state index contributed by atoms with van der Waals surface area (Å²) < 4.78 is 0. The molecular weight excluding hydrogens is 609 g/mol. The summed E-state index contributed by atoms with van der Waals surface area (Å²) in [6.07, 6.45) is 27.0. The summed E-state index contributed by atoms with van der Waals surface area (Å²) in [6, 6.07) is 0. The van der Waals surface area contributed by atoms with Crippen LogP contribution in [-0.2, 0) is 34.1 Å². The molecule has 4 aliphatic carbocycles. The van der Waals surface area contributed by atoms with E-state index in [1.54, 1.807) is 0 Å². The van der Waals surface area contributed by atoms with Crippen LogP contribution in [0.1, 0.15) is 136 Å². The van der Waals surface area contributed by atoms with Gasteiger partial charge >= 0.3 is 34.1 Å². The molecule has 39 heavy (non-hydrogen) atoms. The maximum atomic E-state index is 8.84. The van der Waals surface area contributed by atoms with E-state index in [1.807, 2.05) is 0 Å². The van der Waals surface area contributed by atoms with Gasteiger partial charge in [0.15, 0.2) is 0 Å². The maximum Gasteiger partial charge on any atom is 2.00 e. The van der Waals surface area contributed by atoms with Crippen molar-refractivity contribution >= 4 is 23.2 Å². The molecule has 4 rings (SSSR count). The number of hydrogen-bond donors (Lipinski definition) is 1. The first-order valence-electron chi connectivity index (χ1n) is 14.3. The third-order valence-corrected chi connectivity index (χ3v) is 8.81. The van der Waals surface area contributed by atoms with Crippen LogP contribution >= 0.6 is 23.2 Å². The van der Waals surface area contributed by atoms with Gasteiger partial charge in [0.05, 0.1) is 0 Å². The molecule has 0 atom stereocenters. The molecule has 4 aliphatic rings. The number of rotatable bonds is 10. The molecule has 1 N–H and O–H groups in total. The average molecular weight is 679 g/mol. The van der Waals surface area contributed by atoms with Crippen LogP contribution < -0.4 is 0 Å². The van der Waals surface area contributed by atoms with Gasteiger partial charge in [0.2, 0.25) is 0 Å². The van der Waals surface area contributed by atoms with Crippen molar-refractivity contribution in [3.63, 3.8) is 0 Å². The predicted octanol–water partition coefficient (Wildman–Crippen LogP) is 11.0. The van der Waals surface area contributed by atoms with Crippen molar-refractivity contribution in [2.24, 2.45) is 11.8 Å². The van der Waals surface area contributed by atoms with E-state index >= 15 is 0 Å². The van der Waals surface area contributed by atoms with Gasteiger partial charge in [-0.25, -0.2) is 0 Å². The minimum Gasteiger partial charge on any atom is -0.396 e. The molecule has 2 nitrogen and oxygen atoms in total. The van der Waals surface area contributed by atoms with Gasteiger partial charge in [-0.05, 0) is 82.6 Å². The molecule has 0 heterocycles. The maximum absolute atomic E-state index is 8.84. The van der Waals surface area contributed by atoms with E-state index in [9.17, 15) is 0 Å². The summed E-state index contributed by atoms with van der Waals surface area (Å²) in [6.45, 7) is 4.42. The third-order valence-electron chi connectivity index (χ3n) is 7.93. The van der Waals surface area contributed by atoms with E-state index in [4.69, 9.17) is 28.3 Å². The molecular formula is C33H69Cl2Fe2NO. The predicted molar refractivity (Wildman–Crippen MR) is 175 cm³/mol. The van der Waals surface area contributed by atoms with Crippen LogP contribution in [0.5, 0.6) is 0 Å². The third kappa shape index (κ3) is 28.1. The van der Waals surface area contributed by atoms with E-state index in [1.165, 1.54) is 142 Å². The van der Waals surface area contributed by atoms with Crippen LogP contribution in [0.2, 0.25) is 0 Å². The first-order chi connectivity index (χ1) is 15.7. The molecule has 0 radical (unpaired) electrons. The van der Waals surface area contributed by atoms with Crippen molar-refractivity contribution in [2.45, 2.75) is 147 Å². The van der Waals surface area contributed by atoms with Gasteiger partial charge in [0, 0.05) is 30.5 Å². The minimum absolute atomic E-state index is 0. The fourth-order valence-electron chi connectivity index (χ4n) is 5.93. The number of hydrogen-bond acceptors (Lipinski definition) is 2. The zero-order chi connectivity index (χ0) is 22.9. The molecule has 4 fully saturated rings. The van der Waals surface area contributed by atoms with Crippen molar-refractivity contribution < 1.29 is 39.2 Å². The molecule has 0 aromatic rings. The number of aliphatic hydroxyl groups excluding tert-OH is 1. The number of aliphatic hydroxyl groups is 1. The Morgan fingerprint density at radius 1 is 0.513 bits per heavy atom. The first kappa shape index (κ1) is 53.1. The van der Waals surface area contributed by atoms with Gasteiger partial charge in [-0.3, -0.25) is 0 Å². The van der Waals surface area contributed by atoms with Crippen molar-refractivity contribution in [1.82, 2.24) is 4.90 Å². The SMILES string of the molecule is C.ClC1CCCC1.ClC1CCCC1.OCCCCCCN(CC1CCCC1)CC1CCCC1.[CH3-].[CH3-].[CH3-].[CH3-].[Fe+2].[Fe+2]. The van der Waals surface area contributed by atoms with E-state index in [2.05, 4.69) is 4.90 Å². The van der Waals surface area contributed by atoms with Crippen molar-refractivity contribution in [3.05, 3.63) is 29.7 Å². The van der Waals surface area contributed by atoms with Crippen LogP contribution in [0.4, 0.5) is 0 Å². The second kappa shape index (κ2) is 35.7. The average Bonchev–Trinajstić information content (AvgIpc) is 3.59. The summed E-state index contributed by atoms with van der Waals surface area (Å²) in [4.78, 5) is 2.80. The normalized spacial score (nSPS) is 18.8. The number of alkyl halides is 2. The Labute approximate surface area is 280 Å². The van der Waals surface area contributed by atoms with Gasteiger partial charge in [0.25, 0.3) is 0 Å². The fourth-order valence-corrected chi connectivity index (χ4v) is 6.54. The van der Waals surface area contributed by atoms with E-state index in [0.29, 0.717) is 17.4 Å². The number of unbranched alkanes of at least 4 members (excludes halogenated alkanes) is 3. The molecule has 4 saturated carbocycles. The zero-order valence-corrected chi connectivity index (χ0v) is 29.4.